The molecule has 0 aliphatic rings. The number of hydrogen-bond donors (Lipinski definition) is 1. The fourth-order valence-electron chi connectivity index (χ4n) is 3.32. The first-order valence-corrected chi connectivity index (χ1v) is 10.2. The monoisotopic (exact) mass is 394 g/mol. The first-order valence-electron chi connectivity index (χ1n) is 10.2. The number of amides is 2. The zero-order valence-corrected chi connectivity index (χ0v) is 18.8. The number of carbonyl (C=O) groups is 2. The Morgan fingerprint density at radius 1 is 1.00 bits per heavy atom. The lowest BCUT2D eigenvalue weighted by Crippen LogP contribution is -2.52. The molecule has 1 atom stereocenters. The lowest BCUT2D eigenvalue weighted by atomic mass is 10.0. The Morgan fingerprint density at radius 3 is 2.28 bits per heavy atom. The Hall–Kier alpha value is -2.62. The van der Waals surface area contributed by atoms with E-state index in [2.05, 4.69) is 17.4 Å². The molecule has 0 saturated heterocycles. The Labute approximate surface area is 175 Å². The van der Waals surface area contributed by atoms with E-state index >= 15 is 0 Å². The van der Waals surface area contributed by atoms with Crippen molar-refractivity contribution in [3.8, 4) is 0 Å². The number of nitrogens with zero attached hydrogens (tertiary/aromatic N) is 1. The Kier molecular flexibility index (Phi) is 7.23. The van der Waals surface area contributed by atoms with E-state index in [1.807, 2.05) is 71.9 Å². The van der Waals surface area contributed by atoms with Crippen LogP contribution >= 0.6 is 0 Å². The van der Waals surface area contributed by atoms with E-state index in [1.54, 1.807) is 11.8 Å². The summed E-state index contributed by atoms with van der Waals surface area (Å²) < 4.78 is 0. The summed E-state index contributed by atoms with van der Waals surface area (Å²) in [7, 11) is 0. The van der Waals surface area contributed by atoms with Gasteiger partial charge in [-0.1, -0.05) is 53.6 Å². The van der Waals surface area contributed by atoms with Crippen molar-refractivity contribution in [2.24, 2.45) is 0 Å². The summed E-state index contributed by atoms with van der Waals surface area (Å²) >= 11 is 0. The molecule has 0 saturated carbocycles. The summed E-state index contributed by atoms with van der Waals surface area (Å²) in [5, 5.41) is 3.00. The van der Waals surface area contributed by atoms with Gasteiger partial charge in [0.15, 0.2) is 0 Å². The Morgan fingerprint density at radius 2 is 1.66 bits per heavy atom. The molecule has 2 rings (SSSR count). The molecule has 0 unspecified atom stereocenters. The summed E-state index contributed by atoms with van der Waals surface area (Å²) in [4.78, 5) is 27.8. The van der Waals surface area contributed by atoms with Gasteiger partial charge in [0.1, 0.15) is 6.04 Å². The van der Waals surface area contributed by atoms with Crippen molar-refractivity contribution in [2.45, 2.75) is 73.0 Å². The van der Waals surface area contributed by atoms with Crippen molar-refractivity contribution in [1.82, 2.24) is 10.2 Å². The first-order chi connectivity index (χ1) is 13.5. The molecule has 2 amide bonds. The minimum absolute atomic E-state index is 0.0447. The maximum Gasteiger partial charge on any atom is 0.242 e. The molecular formula is C25H34N2O2. The summed E-state index contributed by atoms with van der Waals surface area (Å²) in [6, 6.07) is 13.7. The molecule has 2 aromatic rings. The quantitative estimate of drug-likeness (QED) is 0.785. The van der Waals surface area contributed by atoms with Crippen LogP contribution in [0.1, 0.15) is 55.5 Å². The van der Waals surface area contributed by atoms with Gasteiger partial charge in [0.05, 0.1) is 6.42 Å². The van der Waals surface area contributed by atoms with Gasteiger partial charge < -0.3 is 10.2 Å². The molecule has 0 aliphatic carbocycles. The fraction of sp³-hybridized carbons (Fsp3) is 0.440. The van der Waals surface area contributed by atoms with Gasteiger partial charge in [-0.3, -0.25) is 9.59 Å². The summed E-state index contributed by atoms with van der Waals surface area (Å²) in [5.41, 5.74) is 5.03. The van der Waals surface area contributed by atoms with Gasteiger partial charge in [-0.15, -0.1) is 0 Å². The second-order valence-corrected chi connectivity index (χ2v) is 9.03. The number of nitrogens with one attached hydrogen (secondary N) is 1. The molecule has 0 aromatic heterocycles. The van der Waals surface area contributed by atoms with Crippen molar-refractivity contribution in [2.75, 3.05) is 0 Å². The van der Waals surface area contributed by atoms with Crippen LogP contribution in [0.2, 0.25) is 0 Å². The largest absolute Gasteiger partial charge is 0.350 e. The van der Waals surface area contributed by atoms with E-state index in [0.717, 1.165) is 27.8 Å². The molecule has 0 radical (unpaired) electrons. The topological polar surface area (TPSA) is 49.4 Å². The van der Waals surface area contributed by atoms with Crippen LogP contribution in [-0.4, -0.2) is 28.3 Å². The highest BCUT2D eigenvalue weighted by Gasteiger charge is 2.28. The predicted octanol–water partition coefficient (Wildman–Crippen LogP) is 4.49. The van der Waals surface area contributed by atoms with E-state index in [4.69, 9.17) is 0 Å². The lowest BCUT2D eigenvalue weighted by molar-refractivity contribution is -0.140. The van der Waals surface area contributed by atoms with Crippen molar-refractivity contribution in [3.05, 3.63) is 70.3 Å². The maximum absolute atomic E-state index is 13.3. The normalized spacial score (nSPS) is 12.4. The van der Waals surface area contributed by atoms with Crippen LogP contribution in [0.4, 0.5) is 0 Å². The molecule has 0 spiro atoms. The fourth-order valence-corrected chi connectivity index (χ4v) is 3.32. The molecule has 156 valence electrons. The zero-order chi connectivity index (χ0) is 21.8. The van der Waals surface area contributed by atoms with Crippen molar-refractivity contribution < 1.29 is 9.59 Å². The molecule has 2 aromatic carbocycles. The molecule has 4 heteroatoms. The number of hydrogen-bond acceptors (Lipinski definition) is 2. The van der Waals surface area contributed by atoms with E-state index < -0.39 is 6.04 Å². The Bertz CT molecular complexity index is 881. The average Bonchev–Trinajstić information content (AvgIpc) is 2.60. The number of benzene rings is 2. The smallest absolute Gasteiger partial charge is 0.242 e. The van der Waals surface area contributed by atoms with Crippen LogP contribution in [0.5, 0.6) is 0 Å². The molecule has 0 heterocycles. The predicted molar refractivity (Wildman–Crippen MR) is 119 cm³/mol. The van der Waals surface area contributed by atoms with Gasteiger partial charge in [-0.2, -0.15) is 0 Å². The summed E-state index contributed by atoms with van der Waals surface area (Å²) in [5.74, 6) is -0.184. The number of rotatable bonds is 6. The second kappa shape index (κ2) is 9.25. The SMILES string of the molecule is Cc1cccc(CN(C(=O)Cc2cc(C)ccc2C)[C@@H](C)C(=O)NC(C)(C)C)c1. The molecule has 0 bridgehead atoms. The summed E-state index contributed by atoms with van der Waals surface area (Å²) in [6.07, 6.45) is 0.284. The molecule has 1 N–H and O–H groups in total. The molecule has 29 heavy (non-hydrogen) atoms. The molecular weight excluding hydrogens is 360 g/mol. The maximum atomic E-state index is 13.3. The highest BCUT2D eigenvalue weighted by atomic mass is 16.2. The number of carbonyl (C=O) groups excluding carboxylic acids is 2. The van der Waals surface area contributed by atoms with Gasteiger partial charge in [0.2, 0.25) is 11.8 Å². The Balaban J connectivity index is 2.30. The minimum atomic E-state index is -0.563. The third-order valence-electron chi connectivity index (χ3n) is 4.95. The average molecular weight is 395 g/mol. The van der Waals surface area contributed by atoms with E-state index in [9.17, 15) is 9.59 Å². The van der Waals surface area contributed by atoms with Crippen LogP contribution in [-0.2, 0) is 22.6 Å². The highest BCUT2D eigenvalue weighted by Crippen LogP contribution is 2.17. The third-order valence-corrected chi connectivity index (χ3v) is 4.95. The zero-order valence-electron chi connectivity index (χ0n) is 18.8. The minimum Gasteiger partial charge on any atom is -0.350 e. The van der Waals surface area contributed by atoms with E-state index in [-0.39, 0.29) is 23.8 Å². The summed E-state index contributed by atoms with van der Waals surface area (Å²) in [6.45, 7) is 14.1. The van der Waals surface area contributed by atoms with Crippen LogP contribution < -0.4 is 5.32 Å². The first kappa shape index (κ1) is 22.7. The van der Waals surface area contributed by atoms with E-state index in [0.29, 0.717) is 6.54 Å². The standard InChI is InChI=1S/C25H34N2O2/c1-17-9-8-10-21(13-17)16-27(20(4)24(29)26-25(5,6)7)23(28)15-22-14-18(2)11-12-19(22)3/h8-14,20H,15-16H2,1-7H3,(H,26,29)/t20-/m0/s1. The lowest BCUT2D eigenvalue weighted by Gasteiger charge is -2.31. The number of aryl methyl sites for hydroxylation is 3. The molecule has 0 fully saturated rings. The van der Waals surface area contributed by atoms with Gasteiger partial charge in [-0.25, -0.2) is 0 Å². The van der Waals surface area contributed by atoms with Gasteiger partial charge in [0.25, 0.3) is 0 Å². The second-order valence-electron chi connectivity index (χ2n) is 9.03. The van der Waals surface area contributed by atoms with Crippen molar-refractivity contribution in [3.63, 3.8) is 0 Å². The van der Waals surface area contributed by atoms with Crippen LogP contribution in [0.15, 0.2) is 42.5 Å². The van der Waals surface area contributed by atoms with Crippen LogP contribution in [0.25, 0.3) is 0 Å². The van der Waals surface area contributed by atoms with Crippen LogP contribution in [0, 0.1) is 20.8 Å². The van der Waals surface area contributed by atoms with Crippen molar-refractivity contribution >= 4 is 11.8 Å². The molecule has 0 aliphatic heterocycles. The van der Waals surface area contributed by atoms with Crippen molar-refractivity contribution in [1.29, 1.82) is 0 Å². The van der Waals surface area contributed by atoms with Gasteiger partial charge >= 0.3 is 0 Å². The molecule has 4 nitrogen and oxygen atoms in total. The van der Waals surface area contributed by atoms with Gasteiger partial charge in [0, 0.05) is 12.1 Å². The third kappa shape index (κ3) is 6.74. The highest BCUT2D eigenvalue weighted by molar-refractivity contribution is 5.88. The van der Waals surface area contributed by atoms with Crippen LogP contribution in [0.3, 0.4) is 0 Å². The van der Waals surface area contributed by atoms with Gasteiger partial charge in [-0.05, 0) is 65.2 Å². The van der Waals surface area contributed by atoms with E-state index in [1.165, 1.54) is 0 Å².